The molecule has 0 aliphatic rings. The molecule has 0 amide bonds. The Morgan fingerprint density at radius 2 is 1.70 bits per heavy atom. The molecule has 0 spiro atoms. The van der Waals surface area contributed by atoms with Gasteiger partial charge in [-0.3, -0.25) is 4.99 Å². The zero-order valence-corrected chi connectivity index (χ0v) is 19.4. The van der Waals surface area contributed by atoms with E-state index in [9.17, 15) is 26.0 Å². The molecule has 0 unspecified atom stereocenters. The van der Waals surface area contributed by atoms with Crippen LogP contribution < -0.4 is 5.32 Å². The van der Waals surface area contributed by atoms with E-state index in [-0.39, 0.29) is 47.7 Å². The number of hydrogen-bond acceptors (Lipinski definition) is 3. The predicted molar refractivity (Wildman–Crippen MR) is 118 cm³/mol. The van der Waals surface area contributed by atoms with Gasteiger partial charge in [0.1, 0.15) is 10.7 Å². The monoisotopic (exact) mass is 559 g/mol. The fraction of sp³-hybridized carbons (Fsp3) is 0.316. The first-order valence-electron chi connectivity index (χ1n) is 8.60. The number of hydrogen-bond donors (Lipinski definition) is 1. The van der Waals surface area contributed by atoms with Gasteiger partial charge < -0.3 is 10.2 Å². The van der Waals surface area contributed by atoms with Crippen molar-refractivity contribution >= 4 is 39.8 Å². The summed E-state index contributed by atoms with van der Waals surface area (Å²) in [4.78, 5) is 5.30. The number of benzene rings is 2. The fourth-order valence-electron chi connectivity index (χ4n) is 2.64. The summed E-state index contributed by atoms with van der Waals surface area (Å²) in [6.07, 6.45) is -4.40. The van der Waals surface area contributed by atoms with Crippen molar-refractivity contribution in [2.75, 3.05) is 26.4 Å². The second kappa shape index (κ2) is 10.9. The number of rotatable bonds is 6. The Labute approximate surface area is 190 Å². The van der Waals surface area contributed by atoms with Crippen molar-refractivity contribution in [1.82, 2.24) is 10.2 Å². The maximum atomic E-state index is 13.7. The third-order valence-corrected chi connectivity index (χ3v) is 5.84. The predicted octanol–water partition coefficient (Wildman–Crippen LogP) is 3.94. The molecule has 2 aromatic rings. The van der Waals surface area contributed by atoms with Gasteiger partial charge in [0.25, 0.3) is 0 Å². The molecule has 0 fully saturated rings. The van der Waals surface area contributed by atoms with Crippen LogP contribution in [0.3, 0.4) is 0 Å². The molecule has 1 N–H and O–H groups in total. The number of guanidine groups is 1. The van der Waals surface area contributed by atoms with Crippen LogP contribution >= 0.6 is 24.0 Å². The first-order valence-corrected chi connectivity index (χ1v) is 10.2. The highest BCUT2D eigenvalue weighted by Gasteiger charge is 2.30. The first-order chi connectivity index (χ1) is 13.5. The van der Waals surface area contributed by atoms with E-state index in [1.807, 2.05) is 0 Å². The van der Waals surface area contributed by atoms with Crippen LogP contribution in [0.2, 0.25) is 0 Å². The van der Waals surface area contributed by atoms with E-state index in [0.29, 0.717) is 11.5 Å². The van der Waals surface area contributed by atoms with Crippen LogP contribution in [0.5, 0.6) is 0 Å². The van der Waals surface area contributed by atoms with Gasteiger partial charge in [0.15, 0.2) is 15.8 Å². The van der Waals surface area contributed by atoms with E-state index >= 15 is 0 Å². The normalized spacial score (nSPS) is 12.3. The molecule has 0 bridgehead atoms. The Hall–Kier alpha value is -1.89. The molecule has 0 atom stereocenters. The van der Waals surface area contributed by atoms with E-state index in [1.165, 1.54) is 37.4 Å². The zero-order valence-electron chi connectivity index (χ0n) is 16.3. The quantitative estimate of drug-likeness (QED) is 0.252. The number of nitrogens with one attached hydrogen (secondary N) is 1. The minimum absolute atomic E-state index is 0. The summed E-state index contributed by atoms with van der Waals surface area (Å²) in [7, 11) is -0.654. The van der Waals surface area contributed by atoms with Crippen molar-refractivity contribution in [2.45, 2.75) is 17.6 Å². The van der Waals surface area contributed by atoms with Crippen molar-refractivity contribution in [2.24, 2.45) is 4.99 Å². The average Bonchev–Trinajstić information content (AvgIpc) is 2.65. The van der Waals surface area contributed by atoms with Gasteiger partial charge in [-0.1, -0.05) is 24.3 Å². The van der Waals surface area contributed by atoms with E-state index in [0.717, 1.165) is 18.2 Å². The maximum absolute atomic E-state index is 13.7. The molecule has 30 heavy (non-hydrogen) atoms. The van der Waals surface area contributed by atoms with Crippen molar-refractivity contribution in [3.8, 4) is 0 Å². The molecule has 2 rings (SSSR count). The van der Waals surface area contributed by atoms with Crippen molar-refractivity contribution in [3.05, 3.63) is 65.5 Å². The van der Waals surface area contributed by atoms with Crippen LogP contribution in [0.1, 0.15) is 11.1 Å². The lowest BCUT2D eigenvalue weighted by Crippen LogP contribution is -2.40. The zero-order chi connectivity index (χ0) is 21.7. The minimum atomic E-state index is -4.40. The summed E-state index contributed by atoms with van der Waals surface area (Å²) in [5, 5.41) is 2.86. The number of nitrogens with zero attached hydrogens (tertiary/aromatic N) is 2. The summed E-state index contributed by atoms with van der Waals surface area (Å²) < 4.78 is 76.2. The molecule has 166 valence electrons. The summed E-state index contributed by atoms with van der Waals surface area (Å²) in [6, 6.07) is 9.88. The molecule has 0 aromatic heterocycles. The van der Waals surface area contributed by atoms with Crippen LogP contribution in [-0.4, -0.2) is 45.7 Å². The van der Waals surface area contributed by atoms with Crippen molar-refractivity contribution in [3.63, 3.8) is 0 Å². The lowest BCUT2D eigenvalue weighted by molar-refractivity contribution is -0.137. The highest BCUT2D eigenvalue weighted by Crippen LogP contribution is 2.29. The number of halogens is 5. The average molecular weight is 559 g/mol. The molecule has 0 aliphatic carbocycles. The fourth-order valence-corrected chi connectivity index (χ4v) is 3.88. The first kappa shape index (κ1) is 26.1. The van der Waals surface area contributed by atoms with Gasteiger partial charge in [-0.25, -0.2) is 12.8 Å². The Kier molecular flexibility index (Phi) is 9.53. The highest BCUT2D eigenvalue weighted by atomic mass is 127. The van der Waals surface area contributed by atoms with E-state index in [4.69, 9.17) is 0 Å². The number of alkyl halides is 3. The molecule has 0 saturated heterocycles. The number of aliphatic imine (C=N–C) groups is 1. The summed E-state index contributed by atoms with van der Waals surface area (Å²) in [6.45, 7) is 0.249. The van der Waals surface area contributed by atoms with Crippen LogP contribution in [0.25, 0.3) is 0 Å². The molecule has 0 radical (unpaired) electrons. The third-order valence-electron chi connectivity index (χ3n) is 4.10. The van der Waals surface area contributed by atoms with Gasteiger partial charge >= 0.3 is 6.18 Å². The largest absolute Gasteiger partial charge is 0.416 e. The summed E-state index contributed by atoms with van der Waals surface area (Å²) in [5.41, 5.74) is -0.104. The highest BCUT2D eigenvalue weighted by molar-refractivity contribution is 14.0. The molecule has 0 saturated carbocycles. The van der Waals surface area contributed by atoms with Crippen LogP contribution in [0.4, 0.5) is 17.6 Å². The second-order valence-corrected chi connectivity index (χ2v) is 8.35. The molecule has 2 aromatic carbocycles. The lowest BCUT2D eigenvalue weighted by Gasteiger charge is -2.22. The molecule has 11 heteroatoms. The van der Waals surface area contributed by atoms with E-state index in [2.05, 4.69) is 10.3 Å². The minimum Gasteiger partial charge on any atom is -0.355 e. The van der Waals surface area contributed by atoms with Gasteiger partial charge in [-0.15, -0.1) is 24.0 Å². The van der Waals surface area contributed by atoms with E-state index < -0.39 is 27.4 Å². The lowest BCUT2D eigenvalue weighted by atomic mass is 10.1. The van der Waals surface area contributed by atoms with Gasteiger partial charge in [0.05, 0.1) is 11.3 Å². The topological polar surface area (TPSA) is 61.8 Å². The SMILES string of the molecule is CN=C(NCCS(=O)(=O)c1ccccc1F)N(C)Cc1ccc(C(F)(F)F)cc1.I. The summed E-state index contributed by atoms with van der Waals surface area (Å²) >= 11 is 0. The number of sulfone groups is 1. The van der Waals surface area contributed by atoms with Crippen LogP contribution in [-0.2, 0) is 22.6 Å². The molecular weight excluding hydrogens is 537 g/mol. The van der Waals surface area contributed by atoms with Gasteiger partial charge in [-0.2, -0.15) is 13.2 Å². The third kappa shape index (κ3) is 7.11. The Balaban J connectivity index is 0.00000450. The molecule has 0 heterocycles. The van der Waals surface area contributed by atoms with Gasteiger partial charge in [-0.05, 0) is 29.8 Å². The van der Waals surface area contributed by atoms with Gasteiger partial charge in [0.2, 0.25) is 0 Å². The standard InChI is InChI=1S/C19H21F4N3O2S.HI/c1-24-18(25-11-12-29(27,28)17-6-4-3-5-16(17)20)26(2)13-14-7-9-15(10-8-14)19(21,22)23;/h3-10H,11-13H2,1-2H3,(H,24,25);1H. The molecular formula is C19H22F4IN3O2S. The molecule has 0 aliphatic heterocycles. The van der Waals surface area contributed by atoms with Crippen molar-refractivity contribution < 1.29 is 26.0 Å². The second-order valence-electron chi connectivity index (χ2n) is 6.27. The van der Waals surface area contributed by atoms with Crippen LogP contribution in [0.15, 0.2) is 58.4 Å². The Morgan fingerprint density at radius 1 is 1.10 bits per heavy atom. The van der Waals surface area contributed by atoms with Gasteiger partial charge in [0, 0.05) is 27.2 Å². The summed E-state index contributed by atoms with van der Waals surface area (Å²) in [5.74, 6) is -0.800. The molecule has 5 nitrogen and oxygen atoms in total. The Morgan fingerprint density at radius 3 is 2.23 bits per heavy atom. The maximum Gasteiger partial charge on any atom is 0.416 e. The van der Waals surface area contributed by atoms with Crippen molar-refractivity contribution in [1.29, 1.82) is 0 Å². The van der Waals surface area contributed by atoms with Crippen LogP contribution in [0, 0.1) is 5.82 Å². The smallest absolute Gasteiger partial charge is 0.355 e. The Bertz CT molecular complexity index is 964. The van der Waals surface area contributed by atoms with E-state index in [1.54, 1.807) is 11.9 Å².